The van der Waals surface area contributed by atoms with Crippen molar-refractivity contribution in [2.24, 2.45) is 0 Å². The highest BCUT2D eigenvalue weighted by molar-refractivity contribution is 5.96. The summed E-state index contributed by atoms with van der Waals surface area (Å²) < 4.78 is 10.8. The van der Waals surface area contributed by atoms with Gasteiger partial charge in [0.25, 0.3) is 5.91 Å². The number of hydrogen-bond donors (Lipinski definition) is 0. The van der Waals surface area contributed by atoms with Crippen molar-refractivity contribution < 1.29 is 14.1 Å². The molecule has 3 heterocycles. The Labute approximate surface area is 175 Å². The number of carbonyl (C=O) groups excluding carboxylic acids is 1. The normalized spacial score (nSPS) is 15.8. The van der Waals surface area contributed by atoms with Gasteiger partial charge < -0.3 is 14.2 Å². The summed E-state index contributed by atoms with van der Waals surface area (Å²) in [4.78, 5) is 25.6. The third kappa shape index (κ3) is 4.04. The number of nitrogens with zero attached hydrogens (tertiary/aromatic N) is 5. The molecule has 0 aliphatic carbocycles. The minimum atomic E-state index is -0.0632. The van der Waals surface area contributed by atoms with Crippen molar-refractivity contribution in [3.63, 3.8) is 0 Å². The van der Waals surface area contributed by atoms with Gasteiger partial charge in [-0.2, -0.15) is 4.98 Å². The summed E-state index contributed by atoms with van der Waals surface area (Å²) in [7, 11) is 1.52. The number of rotatable bonds is 5. The van der Waals surface area contributed by atoms with Gasteiger partial charge in [-0.1, -0.05) is 35.0 Å². The Morgan fingerprint density at radius 1 is 1.13 bits per heavy atom. The Hall–Kier alpha value is -3.26. The zero-order chi connectivity index (χ0) is 21.1. The van der Waals surface area contributed by atoms with Gasteiger partial charge in [-0.25, -0.2) is 4.98 Å². The van der Waals surface area contributed by atoms with Crippen LogP contribution in [0.4, 0.5) is 0 Å². The highest BCUT2D eigenvalue weighted by Gasteiger charge is 2.29. The van der Waals surface area contributed by atoms with Crippen LogP contribution in [0.2, 0.25) is 0 Å². The summed E-state index contributed by atoms with van der Waals surface area (Å²) in [6.45, 7) is 6.76. The van der Waals surface area contributed by atoms with Crippen LogP contribution < -0.4 is 4.74 Å². The molecule has 1 aliphatic rings. The van der Waals surface area contributed by atoms with E-state index in [4.69, 9.17) is 9.26 Å². The lowest BCUT2D eigenvalue weighted by molar-refractivity contribution is 0.0548. The van der Waals surface area contributed by atoms with Crippen LogP contribution in [0.3, 0.4) is 0 Å². The van der Waals surface area contributed by atoms with Crippen molar-refractivity contribution in [2.45, 2.75) is 19.9 Å². The number of pyridine rings is 1. The zero-order valence-corrected chi connectivity index (χ0v) is 17.4. The van der Waals surface area contributed by atoms with E-state index < -0.39 is 0 Å². The summed E-state index contributed by atoms with van der Waals surface area (Å²) in [5.74, 6) is 1.47. The van der Waals surface area contributed by atoms with Crippen molar-refractivity contribution in [3.05, 3.63) is 59.6 Å². The lowest BCUT2D eigenvalue weighted by Crippen LogP contribution is -2.49. The first-order valence-corrected chi connectivity index (χ1v) is 10.00. The number of methoxy groups -OCH3 is 1. The van der Waals surface area contributed by atoms with Crippen LogP contribution in [0.25, 0.3) is 11.4 Å². The summed E-state index contributed by atoms with van der Waals surface area (Å²) in [5.41, 5.74) is 2.61. The second-order valence-corrected chi connectivity index (χ2v) is 7.39. The van der Waals surface area contributed by atoms with E-state index in [-0.39, 0.29) is 11.9 Å². The summed E-state index contributed by atoms with van der Waals surface area (Å²) in [6.07, 6.45) is 1.62. The highest BCUT2D eigenvalue weighted by Crippen LogP contribution is 2.24. The van der Waals surface area contributed by atoms with Crippen LogP contribution in [0, 0.1) is 6.92 Å². The van der Waals surface area contributed by atoms with Gasteiger partial charge >= 0.3 is 0 Å². The fourth-order valence-electron chi connectivity index (χ4n) is 3.58. The minimum Gasteiger partial charge on any atom is -0.480 e. The van der Waals surface area contributed by atoms with E-state index in [0.29, 0.717) is 36.2 Å². The van der Waals surface area contributed by atoms with E-state index in [0.717, 1.165) is 18.7 Å². The molecule has 3 aromatic rings. The predicted octanol–water partition coefficient (Wildman–Crippen LogP) is 2.97. The molecule has 4 rings (SSSR count). The van der Waals surface area contributed by atoms with Gasteiger partial charge in [-0.3, -0.25) is 9.69 Å². The third-order valence-corrected chi connectivity index (χ3v) is 5.45. The van der Waals surface area contributed by atoms with Crippen LogP contribution in [0.1, 0.15) is 34.8 Å². The fourth-order valence-corrected chi connectivity index (χ4v) is 3.58. The Morgan fingerprint density at radius 3 is 2.57 bits per heavy atom. The molecule has 1 fully saturated rings. The van der Waals surface area contributed by atoms with Gasteiger partial charge in [-0.15, -0.1) is 0 Å². The van der Waals surface area contributed by atoms with Crippen molar-refractivity contribution in [1.82, 2.24) is 24.9 Å². The maximum atomic E-state index is 12.9. The SMILES string of the molecule is COc1ncccc1C(=O)N1CCN(C(C)c2nc(-c3ccc(C)cc3)no2)CC1. The molecule has 1 aliphatic heterocycles. The molecule has 1 unspecified atom stereocenters. The Bertz CT molecular complexity index is 1010. The van der Waals surface area contributed by atoms with E-state index in [1.54, 1.807) is 18.3 Å². The van der Waals surface area contributed by atoms with E-state index in [9.17, 15) is 4.79 Å². The molecule has 0 saturated carbocycles. The molecule has 1 amide bonds. The third-order valence-electron chi connectivity index (χ3n) is 5.45. The molecule has 1 saturated heterocycles. The number of benzene rings is 1. The molecular formula is C22H25N5O3. The first-order chi connectivity index (χ1) is 14.6. The van der Waals surface area contributed by atoms with E-state index in [2.05, 4.69) is 20.0 Å². The lowest BCUT2D eigenvalue weighted by atomic mass is 10.1. The molecule has 0 spiro atoms. The summed E-state index contributed by atoms with van der Waals surface area (Å²) in [5, 5.41) is 4.14. The predicted molar refractivity (Wildman–Crippen MR) is 111 cm³/mol. The molecule has 1 atom stereocenters. The van der Waals surface area contributed by atoms with Gasteiger partial charge in [0.05, 0.1) is 13.2 Å². The quantitative estimate of drug-likeness (QED) is 0.643. The number of aromatic nitrogens is 3. The van der Waals surface area contributed by atoms with E-state index in [1.807, 2.05) is 43.0 Å². The van der Waals surface area contributed by atoms with Crippen LogP contribution >= 0.6 is 0 Å². The molecule has 30 heavy (non-hydrogen) atoms. The second kappa shape index (κ2) is 8.62. The molecule has 0 bridgehead atoms. The minimum absolute atomic E-state index is 0.0260. The fraction of sp³-hybridized carbons (Fsp3) is 0.364. The first kappa shape index (κ1) is 20.0. The highest BCUT2D eigenvalue weighted by atomic mass is 16.5. The Balaban J connectivity index is 1.39. The maximum absolute atomic E-state index is 12.9. The zero-order valence-electron chi connectivity index (χ0n) is 17.4. The molecule has 8 heteroatoms. The average Bonchev–Trinajstić information content (AvgIpc) is 3.29. The molecular weight excluding hydrogens is 382 g/mol. The van der Waals surface area contributed by atoms with Crippen LogP contribution in [0.5, 0.6) is 5.88 Å². The van der Waals surface area contributed by atoms with Crippen molar-refractivity contribution in [3.8, 4) is 17.3 Å². The summed E-state index contributed by atoms with van der Waals surface area (Å²) >= 11 is 0. The number of carbonyl (C=O) groups is 1. The molecule has 0 N–H and O–H groups in total. The molecule has 1 aromatic carbocycles. The van der Waals surface area contributed by atoms with Gasteiger partial charge in [0.1, 0.15) is 5.56 Å². The van der Waals surface area contributed by atoms with Crippen molar-refractivity contribution >= 4 is 5.91 Å². The van der Waals surface area contributed by atoms with E-state index in [1.165, 1.54) is 12.7 Å². The molecule has 2 aromatic heterocycles. The number of hydrogen-bond acceptors (Lipinski definition) is 7. The monoisotopic (exact) mass is 407 g/mol. The molecule has 8 nitrogen and oxygen atoms in total. The standard InChI is InChI=1S/C22H25N5O3/c1-15-6-8-17(9-7-15)19-24-20(30-25-19)16(2)26-11-13-27(14-12-26)22(28)18-5-4-10-23-21(18)29-3/h4-10,16H,11-14H2,1-3H3. The van der Waals surface area contributed by atoms with Crippen molar-refractivity contribution in [2.75, 3.05) is 33.3 Å². The molecule has 0 radical (unpaired) electrons. The largest absolute Gasteiger partial charge is 0.480 e. The van der Waals surface area contributed by atoms with E-state index >= 15 is 0 Å². The molecule has 156 valence electrons. The van der Waals surface area contributed by atoms with Gasteiger partial charge in [0.2, 0.25) is 17.6 Å². The number of ether oxygens (including phenoxy) is 1. The number of piperazine rings is 1. The smallest absolute Gasteiger partial charge is 0.259 e. The van der Waals surface area contributed by atoms with Gasteiger partial charge in [-0.05, 0) is 26.0 Å². The summed E-state index contributed by atoms with van der Waals surface area (Å²) in [6, 6.07) is 11.5. The Kier molecular flexibility index (Phi) is 5.76. The van der Waals surface area contributed by atoms with Gasteiger partial charge in [0.15, 0.2) is 0 Å². The average molecular weight is 407 g/mol. The maximum Gasteiger partial charge on any atom is 0.259 e. The Morgan fingerprint density at radius 2 is 1.87 bits per heavy atom. The van der Waals surface area contributed by atoms with Crippen LogP contribution in [0.15, 0.2) is 47.1 Å². The van der Waals surface area contributed by atoms with Gasteiger partial charge in [0, 0.05) is 37.9 Å². The number of aryl methyl sites for hydroxylation is 1. The van der Waals surface area contributed by atoms with Crippen LogP contribution in [-0.4, -0.2) is 64.1 Å². The van der Waals surface area contributed by atoms with Crippen LogP contribution in [-0.2, 0) is 0 Å². The lowest BCUT2D eigenvalue weighted by Gasteiger charge is -2.36. The van der Waals surface area contributed by atoms with Crippen molar-refractivity contribution in [1.29, 1.82) is 0 Å². The topological polar surface area (TPSA) is 84.6 Å². The second-order valence-electron chi connectivity index (χ2n) is 7.39. The first-order valence-electron chi connectivity index (χ1n) is 10.00. The number of amides is 1.